The van der Waals surface area contributed by atoms with Gasteiger partial charge in [-0.05, 0) is 37.8 Å². The zero-order chi connectivity index (χ0) is 12.8. The molecule has 1 aromatic carbocycles. The van der Waals surface area contributed by atoms with Crippen molar-refractivity contribution in [1.29, 1.82) is 0 Å². The molecule has 0 fully saturated rings. The molecule has 2 nitrogen and oxygen atoms in total. The summed E-state index contributed by atoms with van der Waals surface area (Å²) >= 11 is 0. The third-order valence-corrected chi connectivity index (χ3v) is 3.19. The van der Waals surface area contributed by atoms with Gasteiger partial charge in [-0.15, -0.1) is 0 Å². The van der Waals surface area contributed by atoms with Crippen LogP contribution in [0.3, 0.4) is 0 Å². The maximum absolute atomic E-state index is 10.1. The number of hydrogen-bond donors (Lipinski definition) is 1. The summed E-state index contributed by atoms with van der Waals surface area (Å²) in [5.74, 6) is 0. The van der Waals surface area contributed by atoms with E-state index in [2.05, 4.69) is 29.2 Å². The van der Waals surface area contributed by atoms with Crippen LogP contribution in [0.1, 0.15) is 35.8 Å². The number of pyridine rings is 1. The summed E-state index contributed by atoms with van der Waals surface area (Å²) in [6.07, 6.45) is 4.13. The summed E-state index contributed by atoms with van der Waals surface area (Å²) in [7, 11) is 0. The SMILES string of the molecule is Cc1ncccc1C(O)CCCc1ccccc1. The zero-order valence-corrected chi connectivity index (χ0v) is 10.7. The fourth-order valence-electron chi connectivity index (χ4n) is 2.15. The lowest BCUT2D eigenvalue weighted by Crippen LogP contribution is -2.02. The molecule has 0 amide bonds. The Kier molecular flexibility index (Phi) is 4.48. The molecule has 0 aliphatic rings. The van der Waals surface area contributed by atoms with Gasteiger partial charge in [0.2, 0.25) is 0 Å². The minimum Gasteiger partial charge on any atom is -0.388 e. The molecule has 2 aromatic rings. The lowest BCUT2D eigenvalue weighted by atomic mass is 10.0. The minimum absolute atomic E-state index is 0.401. The van der Waals surface area contributed by atoms with E-state index in [1.807, 2.05) is 25.1 Å². The number of hydrogen-bond acceptors (Lipinski definition) is 2. The summed E-state index contributed by atoms with van der Waals surface area (Å²) in [5.41, 5.74) is 3.20. The molecule has 94 valence electrons. The summed E-state index contributed by atoms with van der Waals surface area (Å²) in [6.45, 7) is 1.94. The smallest absolute Gasteiger partial charge is 0.0807 e. The van der Waals surface area contributed by atoms with Crippen LogP contribution in [0.15, 0.2) is 48.7 Å². The molecule has 0 radical (unpaired) electrons. The van der Waals surface area contributed by atoms with Crippen LogP contribution in [0, 0.1) is 6.92 Å². The fourth-order valence-corrected chi connectivity index (χ4v) is 2.15. The number of aliphatic hydroxyl groups excluding tert-OH is 1. The van der Waals surface area contributed by atoms with E-state index in [-0.39, 0.29) is 0 Å². The Balaban J connectivity index is 1.86. The average molecular weight is 241 g/mol. The molecule has 2 heteroatoms. The van der Waals surface area contributed by atoms with Crippen molar-refractivity contribution < 1.29 is 5.11 Å². The van der Waals surface area contributed by atoms with Crippen molar-refractivity contribution in [3.05, 3.63) is 65.5 Å². The molecule has 1 N–H and O–H groups in total. The maximum Gasteiger partial charge on any atom is 0.0807 e. The number of benzene rings is 1. The van der Waals surface area contributed by atoms with E-state index in [4.69, 9.17) is 0 Å². The Bertz CT molecular complexity index is 481. The molecule has 0 saturated heterocycles. The molecule has 2 rings (SSSR count). The first-order valence-electron chi connectivity index (χ1n) is 6.41. The third kappa shape index (κ3) is 3.41. The largest absolute Gasteiger partial charge is 0.388 e. The molecule has 0 aliphatic heterocycles. The van der Waals surface area contributed by atoms with Gasteiger partial charge in [0, 0.05) is 17.5 Å². The van der Waals surface area contributed by atoms with Crippen LogP contribution in [0.25, 0.3) is 0 Å². The Morgan fingerprint density at radius 3 is 2.61 bits per heavy atom. The summed E-state index contributed by atoms with van der Waals surface area (Å²) in [5, 5.41) is 10.1. The maximum atomic E-state index is 10.1. The predicted molar refractivity (Wildman–Crippen MR) is 73.3 cm³/mol. The second kappa shape index (κ2) is 6.31. The van der Waals surface area contributed by atoms with Gasteiger partial charge in [-0.25, -0.2) is 0 Å². The van der Waals surface area contributed by atoms with E-state index >= 15 is 0 Å². The van der Waals surface area contributed by atoms with Crippen LogP contribution in [-0.2, 0) is 6.42 Å². The monoisotopic (exact) mass is 241 g/mol. The highest BCUT2D eigenvalue weighted by Crippen LogP contribution is 2.21. The fraction of sp³-hybridized carbons (Fsp3) is 0.312. The van der Waals surface area contributed by atoms with Gasteiger partial charge in [-0.2, -0.15) is 0 Å². The Morgan fingerprint density at radius 2 is 1.89 bits per heavy atom. The van der Waals surface area contributed by atoms with Crippen molar-refractivity contribution >= 4 is 0 Å². The van der Waals surface area contributed by atoms with E-state index < -0.39 is 6.10 Å². The highest BCUT2D eigenvalue weighted by molar-refractivity contribution is 5.21. The quantitative estimate of drug-likeness (QED) is 0.869. The Hall–Kier alpha value is -1.67. The van der Waals surface area contributed by atoms with Crippen molar-refractivity contribution in [3.63, 3.8) is 0 Å². The van der Waals surface area contributed by atoms with E-state index in [1.165, 1.54) is 5.56 Å². The Labute approximate surface area is 108 Å². The van der Waals surface area contributed by atoms with Crippen molar-refractivity contribution in [2.75, 3.05) is 0 Å². The van der Waals surface area contributed by atoms with Gasteiger partial charge < -0.3 is 5.11 Å². The summed E-state index contributed by atoms with van der Waals surface area (Å²) in [6, 6.07) is 14.2. The highest BCUT2D eigenvalue weighted by atomic mass is 16.3. The second-order valence-corrected chi connectivity index (χ2v) is 4.57. The van der Waals surface area contributed by atoms with Crippen molar-refractivity contribution in [1.82, 2.24) is 4.98 Å². The van der Waals surface area contributed by atoms with Gasteiger partial charge in [0.05, 0.1) is 6.10 Å². The van der Waals surface area contributed by atoms with E-state index in [1.54, 1.807) is 6.20 Å². The van der Waals surface area contributed by atoms with Gasteiger partial charge >= 0.3 is 0 Å². The second-order valence-electron chi connectivity index (χ2n) is 4.57. The number of rotatable bonds is 5. The van der Waals surface area contributed by atoms with Gasteiger partial charge in [-0.3, -0.25) is 4.98 Å². The van der Waals surface area contributed by atoms with Crippen molar-refractivity contribution in [2.24, 2.45) is 0 Å². The van der Waals surface area contributed by atoms with E-state index in [9.17, 15) is 5.11 Å². The average Bonchev–Trinajstić information content (AvgIpc) is 2.40. The number of aromatic nitrogens is 1. The van der Waals surface area contributed by atoms with Gasteiger partial charge in [-0.1, -0.05) is 36.4 Å². The summed E-state index contributed by atoms with van der Waals surface area (Å²) in [4.78, 5) is 4.21. The van der Waals surface area contributed by atoms with Crippen LogP contribution in [0.2, 0.25) is 0 Å². The van der Waals surface area contributed by atoms with Crippen LogP contribution in [0.4, 0.5) is 0 Å². The third-order valence-electron chi connectivity index (χ3n) is 3.19. The first-order valence-corrected chi connectivity index (χ1v) is 6.41. The molecule has 0 spiro atoms. The molecule has 0 bridgehead atoms. The molecular weight excluding hydrogens is 222 g/mol. The van der Waals surface area contributed by atoms with E-state index in [0.29, 0.717) is 0 Å². The van der Waals surface area contributed by atoms with Gasteiger partial charge in [0.1, 0.15) is 0 Å². The summed E-state index contributed by atoms with van der Waals surface area (Å²) < 4.78 is 0. The first-order chi connectivity index (χ1) is 8.77. The highest BCUT2D eigenvalue weighted by Gasteiger charge is 2.10. The van der Waals surface area contributed by atoms with Crippen LogP contribution >= 0.6 is 0 Å². The van der Waals surface area contributed by atoms with Crippen LogP contribution in [0.5, 0.6) is 0 Å². The minimum atomic E-state index is -0.401. The molecule has 1 unspecified atom stereocenters. The normalized spacial score (nSPS) is 12.3. The molecule has 1 aromatic heterocycles. The Morgan fingerprint density at radius 1 is 1.11 bits per heavy atom. The molecule has 0 aliphatic carbocycles. The standard InChI is InChI=1S/C16H19NO/c1-13-15(10-6-12-17-13)16(18)11-5-9-14-7-3-2-4-8-14/h2-4,6-8,10,12,16,18H,5,9,11H2,1H3. The van der Waals surface area contributed by atoms with Gasteiger partial charge in [0.25, 0.3) is 0 Å². The topological polar surface area (TPSA) is 33.1 Å². The predicted octanol–water partition coefficient (Wildman–Crippen LogP) is 3.45. The van der Waals surface area contributed by atoms with Crippen LogP contribution < -0.4 is 0 Å². The molecule has 1 heterocycles. The molecule has 0 saturated carbocycles. The number of nitrogens with zero attached hydrogens (tertiary/aromatic N) is 1. The number of aliphatic hydroxyl groups is 1. The first kappa shape index (κ1) is 12.8. The molecular formula is C16H19NO. The lowest BCUT2D eigenvalue weighted by molar-refractivity contribution is 0.163. The van der Waals surface area contributed by atoms with Crippen molar-refractivity contribution in [2.45, 2.75) is 32.3 Å². The molecule has 1 atom stereocenters. The molecule has 18 heavy (non-hydrogen) atoms. The van der Waals surface area contributed by atoms with Crippen molar-refractivity contribution in [3.8, 4) is 0 Å². The lowest BCUT2D eigenvalue weighted by Gasteiger charge is -2.12. The zero-order valence-electron chi connectivity index (χ0n) is 10.7. The van der Waals surface area contributed by atoms with Crippen LogP contribution in [-0.4, -0.2) is 10.1 Å². The van der Waals surface area contributed by atoms with Gasteiger partial charge in [0.15, 0.2) is 0 Å². The van der Waals surface area contributed by atoms with E-state index in [0.717, 1.165) is 30.5 Å². The number of aryl methyl sites for hydroxylation is 2.